The highest BCUT2D eigenvalue weighted by Gasteiger charge is 2.30. The molecule has 0 radical (unpaired) electrons. The maximum Gasteiger partial charge on any atom is 0.184 e. The zero-order valence-corrected chi connectivity index (χ0v) is 18.6. The molecule has 2 aromatic heterocycles. The molecule has 8 nitrogen and oxygen atoms in total. The Morgan fingerprint density at radius 2 is 2.12 bits per heavy atom. The zero-order chi connectivity index (χ0) is 22.5. The minimum atomic E-state index is -0.0884. The molecule has 0 fully saturated rings. The number of methoxy groups -OCH3 is 1. The van der Waals surface area contributed by atoms with E-state index in [1.54, 1.807) is 13.2 Å². The fraction of sp³-hybridized carbons (Fsp3) is 0.458. The first-order chi connectivity index (χ1) is 15.5. The number of nitrogens with two attached hydrogens (primary N) is 1. The molecule has 0 saturated carbocycles. The number of ketones is 1. The summed E-state index contributed by atoms with van der Waals surface area (Å²) in [7, 11) is 1.72. The van der Waals surface area contributed by atoms with Crippen LogP contribution in [-0.4, -0.2) is 41.3 Å². The number of unbranched alkanes of at least 4 members (excludes halogenated alkanes) is 2. The Morgan fingerprint density at radius 1 is 1.25 bits per heavy atom. The van der Waals surface area contributed by atoms with Crippen LogP contribution in [0, 0.1) is 12.8 Å². The van der Waals surface area contributed by atoms with Crippen molar-refractivity contribution in [2.45, 2.75) is 57.3 Å². The van der Waals surface area contributed by atoms with E-state index in [0.29, 0.717) is 12.1 Å². The predicted octanol–water partition coefficient (Wildman–Crippen LogP) is 1.10. The molecule has 0 spiro atoms. The Bertz CT molecular complexity index is 1080. The maximum absolute atomic E-state index is 11.9. The van der Waals surface area contributed by atoms with Crippen molar-refractivity contribution in [3.05, 3.63) is 58.3 Å². The summed E-state index contributed by atoms with van der Waals surface area (Å²) in [6, 6.07) is 5.69. The fourth-order valence-electron chi connectivity index (χ4n) is 4.25. The van der Waals surface area contributed by atoms with Crippen molar-refractivity contribution in [1.29, 1.82) is 0 Å². The summed E-state index contributed by atoms with van der Waals surface area (Å²) in [4.78, 5) is 16.6. The lowest BCUT2D eigenvalue weighted by Gasteiger charge is -2.27. The van der Waals surface area contributed by atoms with Gasteiger partial charge in [-0.15, -0.1) is 0 Å². The van der Waals surface area contributed by atoms with Crippen LogP contribution in [0.1, 0.15) is 48.3 Å². The Morgan fingerprint density at radius 3 is 2.91 bits per heavy atom. The van der Waals surface area contributed by atoms with Crippen molar-refractivity contribution < 1.29 is 14.1 Å². The second kappa shape index (κ2) is 10.1. The molecule has 4 rings (SSSR count). The quantitative estimate of drug-likeness (QED) is 0.374. The number of nitrogens with one attached hydrogen (secondary N) is 2. The number of carbonyl (C=O) groups is 1. The van der Waals surface area contributed by atoms with Crippen LogP contribution in [-0.2, 0) is 4.74 Å². The van der Waals surface area contributed by atoms with E-state index >= 15 is 0 Å². The average Bonchev–Trinajstić information content (AvgIpc) is 3.50. The van der Waals surface area contributed by atoms with E-state index < -0.39 is 0 Å². The van der Waals surface area contributed by atoms with Gasteiger partial charge in [-0.3, -0.25) is 9.78 Å². The first-order valence-electron chi connectivity index (χ1n) is 11.2. The summed E-state index contributed by atoms with van der Waals surface area (Å²) >= 11 is 0. The van der Waals surface area contributed by atoms with Gasteiger partial charge in [-0.2, -0.15) is 0 Å². The lowest BCUT2D eigenvalue weighted by Crippen LogP contribution is -2.49. The number of aryl methyl sites for hydroxylation is 1. The van der Waals surface area contributed by atoms with E-state index in [1.807, 2.05) is 19.2 Å². The number of rotatable bonds is 10. The molecule has 4 atom stereocenters. The van der Waals surface area contributed by atoms with E-state index in [0.717, 1.165) is 47.6 Å². The molecule has 3 unspecified atom stereocenters. The normalized spacial score (nSPS) is 22.6. The van der Waals surface area contributed by atoms with Gasteiger partial charge in [0, 0.05) is 49.1 Å². The molecule has 3 heterocycles. The van der Waals surface area contributed by atoms with Crippen LogP contribution >= 0.6 is 0 Å². The number of nitrogens with zero attached hydrogens (tertiary/aromatic N) is 2. The molecular formula is C24H31N5O3. The maximum atomic E-state index is 11.9. The van der Waals surface area contributed by atoms with Crippen molar-refractivity contribution in [1.82, 2.24) is 20.8 Å². The molecule has 0 bridgehead atoms. The highest BCUT2D eigenvalue weighted by Crippen LogP contribution is 2.23. The number of carbonyl (C=O) groups excluding carboxylic acids is 1. The Hall–Kier alpha value is -2.97. The molecule has 4 N–H and O–H groups in total. The van der Waals surface area contributed by atoms with Gasteiger partial charge in [0.1, 0.15) is 18.1 Å². The van der Waals surface area contributed by atoms with Gasteiger partial charge in [0.05, 0.1) is 11.5 Å². The van der Waals surface area contributed by atoms with E-state index in [4.69, 9.17) is 15.0 Å². The number of Topliss-reactive ketones (excluding diaryl/α,β-unsaturated/α-hetero) is 1. The molecule has 0 amide bonds. The molecule has 170 valence electrons. The Balaban J connectivity index is 1.25. The lowest BCUT2D eigenvalue weighted by molar-refractivity contribution is 0.0970. The summed E-state index contributed by atoms with van der Waals surface area (Å²) in [5, 5.41) is 12.7. The zero-order valence-electron chi connectivity index (χ0n) is 18.6. The fourth-order valence-corrected chi connectivity index (χ4v) is 4.25. The minimum absolute atomic E-state index is 0.0230. The first kappa shape index (κ1) is 22.2. The van der Waals surface area contributed by atoms with E-state index in [9.17, 15) is 4.79 Å². The molecule has 0 saturated heterocycles. The van der Waals surface area contributed by atoms with Crippen LogP contribution in [0.3, 0.4) is 0 Å². The highest BCUT2D eigenvalue weighted by atomic mass is 16.5. The Labute approximate surface area is 187 Å². The smallest absolute Gasteiger partial charge is 0.184 e. The van der Waals surface area contributed by atoms with Crippen molar-refractivity contribution >= 4 is 17.9 Å². The number of ether oxygens (including phenoxy) is 1. The predicted molar refractivity (Wildman–Crippen MR) is 121 cm³/mol. The third kappa shape index (κ3) is 5.08. The summed E-state index contributed by atoms with van der Waals surface area (Å²) in [6.07, 6.45) is 11.7. The number of hydrogen-bond donors (Lipinski definition) is 3. The first-order valence-corrected chi connectivity index (χ1v) is 11.2. The van der Waals surface area contributed by atoms with Gasteiger partial charge in [-0.25, -0.2) is 0 Å². The van der Waals surface area contributed by atoms with Gasteiger partial charge in [0.2, 0.25) is 0 Å². The van der Waals surface area contributed by atoms with Gasteiger partial charge >= 0.3 is 0 Å². The van der Waals surface area contributed by atoms with Gasteiger partial charge in [0.25, 0.3) is 0 Å². The monoisotopic (exact) mass is 437 g/mol. The van der Waals surface area contributed by atoms with Crippen LogP contribution < -0.4 is 26.9 Å². The molecule has 1 aliphatic heterocycles. The summed E-state index contributed by atoms with van der Waals surface area (Å²) in [5.74, 6) is 0.0976. The van der Waals surface area contributed by atoms with Crippen LogP contribution in [0.25, 0.3) is 12.2 Å². The minimum Gasteiger partial charge on any atom is -0.376 e. The van der Waals surface area contributed by atoms with E-state index in [-0.39, 0.29) is 30.0 Å². The molecule has 0 aromatic carbocycles. The van der Waals surface area contributed by atoms with Gasteiger partial charge < -0.3 is 25.6 Å². The summed E-state index contributed by atoms with van der Waals surface area (Å²) < 4.78 is 10.5. The van der Waals surface area contributed by atoms with Crippen LogP contribution in [0.2, 0.25) is 0 Å². The molecular weight excluding hydrogens is 406 g/mol. The second-order valence-electron chi connectivity index (χ2n) is 8.45. The van der Waals surface area contributed by atoms with Crippen molar-refractivity contribution in [3.63, 3.8) is 0 Å². The van der Waals surface area contributed by atoms with Gasteiger partial charge in [-0.05, 0) is 37.1 Å². The number of fused-ring (bicyclic) bond motifs is 1. The third-order valence-electron chi connectivity index (χ3n) is 6.10. The number of hydrogen-bond acceptors (Lipinski definition) is 8. The highest BCUT2D eigenvalue weighted by molar-refractivity contribution is 5.93. The number of pyridine rings is 1. The van der Waals surface area contributed by atoms with Crippen LogP contribution in [0.5, 0.6) is 0 Å². The largest absolute Gasteiger partial charge is 0.376 e. The van der Waals surface area contributed by atoms with Crippen molar-refractivity contribution in [3.8, 4) is 0 Å². The Kier molecular flexibility index (Phi) is 7.02. The topological polar surface area (TPSA) is 115 Å². The van der Waals surface area contributed by atoms with Gasteiger partial charge in [0.15, 0.2) is 5.78 Å². The molecule has 2 aliphatic rings. The van der Waals surface area contributed by atoms with Crippen LogP contribution in [0.15, 0.2) is 40.9 Å². The third-order valence-corrected chi connectivity index (χ3v) is 6.10. The summed E-state index contributed by atoms with van der Waals surface area (Å²) in [6.45, 7) is 1.99. The molecule has 1 aliphatic carbocycles. The average molecular weight is 438 g/mol. The summed E-state index contributed by atoms with van der Waals surface area (Å²) in [5.41, 5.74) is 8.91. The van der Waals surface area contributed by atoms with Gasteiger partial charge in [-0.1, -0.05) is 30.1 Å². The van der Waals surface area contributed by atoms with Crippen LogP contribution in [0.4, 0.5) is 0 Å². The van der Waals surface area contributed by atoms with E-state index in [1.165, 1.54) is 6.26 Å². The second-order valence-corrected chi connectivity index (χ2v) is 8.45. The molecule has 8 heteroatoms. The lowest BCUT2D eigenvalue weighted by atomic mass is 9.93. The molecule has 32 heavy (non-hydrogen) atoms. The molecule has 2 aromatic rings. The van der Waals surface area contributed by atoms with Crippen molar-refractivity contribution in [2.75, 3.05) is 7.11 Å². The standard InChI is InChI=1S/C24H31N5O3/c1-15-8-9-16-12-17(23(31-2)13-20(16)27-15)21-14-26-24(28-21)18(25)6-4-3-5-7-22(30)19-10-11-32-29-19/h8-14,17-18,23-24,26,28H,3-7,25H2,1-2H3/t17?,18-,23?,24?/m0/s1. The number of aromatic nitrogens is 2. The SMILES string of the molecule is COC1C=c2nc(C)ccc2=CC1C1=CNC([C@@H](N)CCCCCC(=O)c2ccon2)N1. The van der Waals surface area contributed by atoms with Crippen molar-refractivity contribution in [2.24, 2.45) is 11.7 Å². The van der Waals surface area contributed by atoms with E-state index in [2.05, 4.69) is 39.0 Å².